The Bertz CT molecular complexity index is 1010. The molecule has 1 N–H and O–H groups in total. The van der Waals surface area contributed by atoms with E-state index in [1.54, 1.807) is 12.1 Å². The maximum Gasteiger partial charge on any atom is 0.141 e. The minimum absolute atomic E-state index is 0.251. The predicted octanol–water partition coefficient (Wildman–Crippen LogP) is 5.18. The molecule has 0 bridgehead atoms. The molecule has 3 aromatic carbocycles. The van der Waals surface area contributed by atoms with Gasteiger partial charge in [0.1, 0.15) is 18.0 Å². The lowest BCUT2D eigenvalue weighted by molar-refractivity contribution is 0.631. The Labute approximate surface area is 138 Å². The van der Waals surface area contributed by atoms with E-state index < -0.39 is 0 Å². The summed E-state index contributed by atoms with van der Waals surface area (Å²) in [5.41, 5.74) is 3.00. The summed E-state index contributed by atoms with van der Waals surface area (Å²) in [6.45, 7) is 0. The van der Waals surface area contributed by atoms with Gasteiger partial charge in [-0.25, -0.2) is 14.4 Å². The van der Waals surface area contributed by atoms with E-state index in [1.165, 1.54) is 12.4 Å². The van der Waals surface area contributed by atoms with Crippen LogP contribution in [0.1, 0.15) is 0 Å². The minimum atomic E-state index is -0.251. The van der Waals surface area contributed by atoms with Crippen LogP contribution in [0.4, 0.5) is 15.9 Å². The highest BCUT2D eigenvalue weighted by Crippen LogP contribution is 2.32. The molecule has 0 saturated carbocycles. The summed E-state index contributed by atoms with van der Waals surface area (Å²) in [5.74, 6) is 0.448. The molecule has 3 nitrogen and oxygen atoms in total. The molecular weight excluding hydrogens is 301 g/mol. The SMILES string of the molecule is Fc1ccccc1-c1ccccc1Nc1ncnc2ccccc12. The van der Waals surface area contributed by atoms with Crippen molar-refractivity contribution in [1.29, 1.82) is 0 Å². The van der Waals surface area contributed by atoms with Gasteiger partial charge in [0.15, 0.2) is 0 Å². The Morgan fingerprint density at radius 3 is 2.29 bits per heavy atom. The van der Waals surface area contributed by atoms with E-state index in [-0.39, 0.29) is 5.82 Å². The van der Waals surface area contributed by atoms with Gasteiger partial charge in [-0.15, -0.1) is 0 Å². The van der Waals surface area contributed by atoms with Gasteiger partial charge in [-0.2, -0.15) is 0 Å². The maximum atomic E-state index is 14.2. The average Bonchev–Trinajstić information content (AvgIpc) is 2.63. The summed E-state index contributed by atoms with van der Waals surface area (Å²) < 4.78 is 14.2. The van der Waals surface area contributed by atoms with Gasteiger partial charge >= 0.3 is 0 Å². The van der Waals surface area contributed by atoms with Crippen LogP contribution in [0.25, 0.3) is 22.0 Å². The molecule has 0 atom stereocenters. The highest BCUT2D eigenvalue weighted by atomic mass is 19.1. The fourth-order valence-corrected chi connectivity index (χ4v) is 2.74. The molecule has 0 unspecified atom stereocenters. The number of halogens is 1. The first-order valence-corrected chi connectivity index (χ1v) is 7.63. The molecule has 0 saturated heterocycles. The molecule has 4 rings (SSSR count). The number of anilines is 2. The normalized spacial score (nSPS) is 10.7. The van der Waals surface area contributed by atoms with E-state index in [0.717, 1.165) is 22.2 Å². The molecule has 0 aliphatic rings. The Hall–Kier alpha value is -3.27. The summed E-state index contributed by atoms with van der Waals surface area (Å²) in [7, 11) is 0. The number of rotatable bonds is 3. The lowest BCUT2D eigenvalue weighted by Crippen LogP contribution is -1.98. The van der Waals surface area contributed by atoms with Crippen molar-refractivity contribution in [1.82, 2.24) is 9.97 Å². The summed E-state index contributed by atoms with van der Waals surface area (Å²) >= 11 is 0. The van der Waals surface area contributed by atoms with Gasteiger partial charge in [-0.1, -0.05) is 48.5 Å². The number of nitrogens with zero attached hydrogens (tertiary/aromatic N) is 2. The van der Waals surface area contributed by atoms with Gasteiger partial charge in [-0.05, 0) is 24.3 Å². The summed E-state index contributed by atoms with van der Waals surface area (Å²) in [4.78, 5) is 8.61. The number of aromatic nitrogens is 2. The van der Waals surface area contributed by atoms with Crippen molar-refractivity contribution in [2.75, 3.05) is 5.32 Å². The first-order valence-electron chi connectivity index (χ1n) is 7.63. The van der Waals surface area contributed by atoms with Crippen molar-refractivity contribution < 1.29 is 4.39 Å². The van der Waals surface area contributed by atoms with Crippen molar-refractivity contribution in [3.05, 3.63) is 84.9 Å². The minimum Gasteiger partial charge on any atom is -0.339 e. The zero-order valence-corrected chi connectivity index (χ0v) is 12.8. The molecule has 0 fully saturated rings. The molecule has 24 heavy (non-hydrogen) atoms. The van der Waals surface area contributed by atoms with Gasteiger partial charge in [0.05, 0.1) is 5.52 Å². The lowest BCUT2D eigenvalue weighted by atomic mass is 10.0. The Morgan fingerprint density at radius 1 is 0.708 bits per heavy atom. The third-order valence-electron chi connectivity index (χ3n) is 3.89. The standard InChI is InChI=1S/C20H14FN3/c21-17-10-4-1-7-14(17)15-8-2-6-12-19(15)24-20-16-9-3-5-11-18(16)22-13-23-20/h1-13H,(H,22,23,24). The van der Waals surface area contributed by atoms with Crippen molar-refractivity contribution in [3.8, 4) is 11.1 Å². The summed E-state index contributed by atoms with van der Waals surface area (Å²) in [6, 6.07) is 22.1. The number of para-hydroxylation sites is 2. The molecule has 1 aromatic heterocycles. The number of hydrogen-bond acceptors (Lipinski definition) is 3. The summed E-state index contributed by atoms with van der Waals surface area (Å²) in [6.07, 6.45) is 1.52. The van der Waals surface area contributed by atoms with Crippen LogP contribution < -0.4 is 5.32 Å². The van der Waals surface area contributed by atoms with Gasteiger partial charge in [-0.3, -0.25) is 0 Å². The highest BCUT2D eigenvalue weighted by molar-refractivity contribution is 5.92. The third-order valence-corrected chi connectivity index (χ3v) is 3.89. The van der Waals surface area contributed by atoms with Crippen LogP contribution in [0, 0.1) is 5.82 Å². The first kappa shape index (κ1) is 14.3. The van der Waals surface area contributed by atoms with Crippen molar-refractivity contribution in [2.24, 2.45) is 0 Å². The van der Waals surface area contributed by atoms with Gasteiger partial charge in [0.25, 0.3) is 0 Å². The lowest BCUT2D eigenvalue weighted by Gasteiger charge is -2.13. The number of fused-ring (bicyclic) bond motifs is 1. The Kier molecular flexibility index (Phi) is 3.63. The number of nitrogens with one attached hydrogen (secondary N) is 1. The highest BCUT2D eigenvalue weighted by Gasteiger charge is 2.11. The molecule has 0 aliphatic carbocycles. The van der Waals surface area contributed by atoms with Crippen LogP contribution in [0.5, 0.6) is 0 Å². The van der Waals surface area contributed by atoms with Crippen LogP contribution in [0.3, 0.4) is 0 Å². The van der Waals surface area contributed by atoms with E-state index in [0.29, 0.717) is 11.4 Å². The van der Waals surface area contributed by atoms with Crippen LogP contribution >= 0.6 is 0 Å². The van der Waals surface area contributed by atoms with Crippen molar-refractivity contribution >= 4 is 22.4 Å². The largest absolute Gasteiger partial charge is 0.339 e. The predicted molar refractivity (Wildman–Crippen MR) is 94.7 cm³/mol. The second-order valence-corrected chi connectivity index (χ2v) is 5.39. The first-order chi connectivity index (χ1) is 11.8. The monoisotopic (exact) mass is 315 g/mol. The topological polar surface area (TPSA) is 37.8 Å². The second-order valence-electron chi connectivity index (χ2n) is 5.39. The van der Waals surface area contributed by atoms with E-state index in [4.69, 9.17) is 0 Å². The average molecular weight is 315 g/mol. The van der Waals surface area contributed by atoms with Crippen molar-refractivity contribution in [3.63, 3.8) is 0 Å². The Morgan fingerprint density at radius 2 is 1.42 bits per heavy atom. The smallest absolute Gasteiger partial charge is 0.141 e. The van der Waals surface area contributed by atoms with Gasteiger partial charge in [0.2, 0.25) is 0 Å². The zero-order valence-electron chi connectivity index (χ0n) is 12.8. The van der Waals surface area contributed by atoms with E-state index in [9.17, 15) is 4.39 Å². The molecule has 1 heterocycles. The quantitative estimate of drug-likeness (QED) is 0.566. The molecule has 0 radical (unpaired) electrons. The molecule has 4 aromatic rings. The van der Waals surface area contributed by atoms with Gasteiger partial charge < -0.3 is 5.32 Å². The van der Waals surface area contributed by atoms with Crippen LogP contribution in [0.15, 0.2) is 79.1 Å². The van der Waals surface area contributed by atoms with E-state index in [1.807, 2.05) is 54.6 Å². The van der Waals surface area contributed by atoms with E-state index in [2.05, 4.69) is 15.3 Å². The van der Waals surface area contributed by atoms with Gasteiger partial charge in [0, 0.05) is 22.2 Å². The molecule has 0 spiro atoms. The summed E-state index contributed by atoms with van der Waals surface area (Å²) in [5, 5.41) is 4.24. The number of hydrogen-bond donors (Lipinski definition) is 1. The Balaban J connectivity index is 1.82. The fourth-order valence-electron chi connectivity index (χ4n) is 2.74. The maximum absolute atomic E-state index is 14.2. The second kappa shape index (κ2) is 6.08. The van der Waals surface area contributed by atoms with E-state index >= 15 is 0 Å². The zero-order chi connectivity index (χ0) is 16.4. The third kappa shape index (κ3) is 2.58. The van der Waals surface area contributed by atoms with Crippen LogP contribution in [0.2, 0.25) is 0 Å². The molecule has 0 amide bonds. The fraction of sp³-hybridized carbons (Fsp3) is 0. The molecular formula is C20H14FN3. The van der Waals surface area contributed by atoms with Crippen LogP contribution in [-0.4, -0.2) is 9.97 Å². The number of benzene rings is 3. The van der Waals surface area contributed by atoms with Crippen molar-refractivity contribution in [2.45, 2.75) is 0 Å². The molecule has 116 valence electrons. The van der Waals surface area contributed by atoms with Crippen LogP contribution in [-0.2, 0) is 0 Å². The molecule has 4 heteroatoms. The molecule has 0 aliphatic heterocycles.